The Balaban J connectivity index is 1.69. The zero-order chi connectivity index (χ0) is 24.3. The van der Waals surface area contributed by atoms with E-state index in [1.54, 1.807) is 23.9 Å². The summed E-state index contributed by atoms with van der Waals surface area (Å²) in [7, 11) is -2.08. The van der Waals surface area contributed by atoms with Crippen LogP contribution in [0.2, 0.25) is 4.34 Å². The number of aryl methyl sites for hydroxylation is 1. The maximum atomic E-state index is 13.0. The van der Waals surface area contributed by atoms with Gasteiger partial charge in [-0.3, -0.25) is 9.48 Å². The normalized spacial score (nSPS) is 11.7. The number of rotatable bonds is 10. The van der Waals surface area contributed by atoms with E-state index in [0.29, 0.717) is 40.6 Å². The van der Waals surface area contributed by atoms with Gasteiger partial charge < -0.3 is 10.5 Å². The monoisotopic (exact) mass is 517 g/mol. The minimum Gasteiger partial charge on any atom is -0.496 e. The highest BCUT2D eigenvalue weighted by Gasteiger charge is 2.24. The number of carbonyl (C=O) groups excluding carboxylic acids is 1. The molecule has 0 radical (unpaired) electrons. The molecule has 10 heteroatoms. The molecule has 2 aromatic carbocycles. The Morgan fingerprint density at radius 2 is 1.91 bits per heavy atom. The second-order valence-electron chi connectivity index (χ2n) is 7.84. The summed E-state index contributed by atoms with van der Waals surface area (Å²) < 4.78 is 34.0. The van der Waals surface area contributed by atoms with Gasteiger partial charge in [-0.2, -0.15) is 5.10 Å². The zero-order valence-electron chi connectivity index (χ0n) is 18.5. The second-order valence-corrected chi connectivity index (χ2v) is 11.8. The van der Waals surface area contributed by atoms with Gasteiger partial charge in [-0.1, -0.05) is 41.9 Å². The fourth-order valence-corrected chi connectivity index (χ4v) is 6.67. The van der Waals surface area contributed by atoms with Gasteiger partial charge in [0.1, 0.15) is 21.5 Å². The Kier molecular flexibility index (Phi) is 7.37. The molecule has 2 aromatic heterocycles. The molecule has 0 aliphatic rings. The van der Waals surface area contributed by atoms with Gasteiger partial charge >= 0.3 is 0 Å². The van der Waals surface area contributed by atoms with Crippen LogP contribution in [0, 0.1) is 0 Å². The number of methoxy groups -OCH3 is 1. The number of sulfone groups is 1. The summed E-state index contributed by atoms with van der Waals surface area (Å²) in [6, 6.07) is 16.6. The number of aromatic nitrogens is 2. The second kappa shape index (κ2) is 10.3. The van der Waals surface area contributed by atoms with Crippen molar-refractivity contribution in [2.24, 2.45) is 5.73 Å². The van der Waals surface area contributed by atoms with E-state index >= 15 is 0 Å². The number of nitrogens with zero attached hydrogens (tertiary/aromatic N) is 2. The molecule has 0 bridgehead atoms. The molecule has 0 unspecified atom stereocenters. The first-order valence-corrected chi connectivity index (χ1v) is 13.5. The first-order valence-electron chi connectivity index (χ1n) is 10.6. The molecule has 0 fully saturated rings. The van der Waals surface area contributed by atoms with Gasteiger partial charge in [0, 0.05) is 6.42 Å². The number of thiophene rings is 1. The number of hydrogen-bond acceptors (Lipinski definition) is 7. The van der Waals surface area contributed by atoms with Crippen LogP contribution in [0.25, 0.3) is 10.9 Å². The number of fused-ring (bicyclic) bond motifs is 1. The SMILES string of the molecule is COc1cccc2c1c(CS(=O)(=O)c1ccc(Cl)s1)nn2Cc1cccc(CCC(=O)CN)c1. The van der Waals surface area contributed by atoms with Crippen LogP contribution < -0.4 is 10.5 Å². The van der Waals surface area contributed by atoms with Gasteiger partial charge in [-0.05, 0) is 41.8 Å². The summed E-state index contributed by atoms with van der Waals surface area (Å²) >= 11 is 6.99. The molecule has 0 saturated carbocycles. The Morgan fingerprint density at radius 1 is 1.15 bits per heavy atom. The third-order valence-electron chi connectivity index (χ3n) is 5.46. The fraction of sp³-hybridized carbons (Fsp3) is 0.250. The highest BCUT2D eigenvalue weighted by Crippen LogP contribution is 2.33. The van der Waals surface area contributed by atoms with Crippen molar-refractivity contribution in [3.05, 3.63) is 75.8 Å². The van der Waals surface area contributed by atoms with Gasteiger partial charge in [0.2, 0.25) is 0 Å². The number of nitrogens with two attached hydrogens (primary N) is 1. The van der Waals surface area contributed by atoms with Crippen LogP contribution in [-0.2, 0) is 33.4 Å². The van der Waals surface area contributed by atoms with E-state index in [9.17, 15) is 13.2 Å². The van der Waals surface area contributed by atoms with Crippen molar-refractivity contribution in [2.75, 3.05) is 13.7 Å². The van der Waals surface area contributed by atoms with E-state index in [1.165, 1.54) is 6.07 Å². The van der Waals surface area contributed by atoms with Crippen molar-refractivity contribution in [1.29, 1.82) is 0 Å². The fourth-order valence-electron chi connectivity index (χ4n) is 3.82. The lowest BCUT2D eigenvalue weighted by Gasteiger charge is -2.07. The molecule has 0 aliphatic heterocycles. The maximum Gasteiger partial charge on any atom is 0.193 e. The van der Waals surface area contributed by atoms with Crippen LogP contribution >= 0.6 is 22.9 Å². The molecule has 34 heavy (non-hydrogen) atoms. The molecule has 0 atom stereocenters. The van der Waals surface area contributed by atoms with E-state index in [2.05, 4.69) is 5.10 Å². The van der Waals surface area contributed by atoms with Gasteiger partial charge in [0.15, 0.2) is 9.84 Å². The summed E-state index contributed by atoms with van der Waals surface area (Å²) in [5.41, 5.74) is 8.63. The van der Waals surface area contributed by atoms with E-state index < -0.39 is 9.84 Å². The average molecular weight is 518 g/mol. The molecule has 178 valence electrons. The number of hydrogen-bond donors (Lipinski definition) is 1. The molecule has 4 aromatic rings. The molecule has 7 nitrogen and oxygen atoms in total. The van der Waals surface area contributed by atoms with E-state index in [-0.39, 0.29) is 22.3 Å². The van der Waals surface area contributed by atoms with Crippen molar-refractivity contribution >= 4 is 49.5 Å². The van der Waals surface area contributed by atoms with Crippen LogP contribution in [0.15, 0.2) is 58.8 Å². The predicted molar refractivity (Wildman–Crippen MR) is 134 cm³/mol. The topological polar surface area (TPSA) is 104 Å². The first-order chi connectivity index (χ1) is 16.3. The lowest BCUT2D eigenvalue weighted by molar-refractivity contribution is -0.117. The molecule has 0 spiro atoms. The molecule has 2 heterocycles. The summed E-state index contributed by atoms with van der Waals surface area (Å²) in [6.45, 7) is 0.484. The van der Waals surface area contributed by atoms with Gasteiger partial charge in [-0.25, -0.2) is 8.42 Å². The number of ketones is 1. The van der Waals surface area contributed by atoms with Gasteiger partial charge in [0.05, 0.1) is 41.1 Å². The van der Waals surface area contributed by atoms with Crippen molar-refractivity contribution in [1.82, 2.24) is 9.78 Å². The number of Topliss-reactive ketones (excluding diaryl/α,β-unsaturated/α-hetero) is 1. The Hall–Kier alpha value is -2.72. The lowest BCUT2D eigenvalue weighted by Crippen LogP contribution is -2.13. The van der Waals surface area contributed by atoms with Crippen molar-refractivity contribution in [3.8, 4) is 5.75 Å². The van der Waals surface area contributed by atoms with Crippen LogP contribution in [0.5, 0.6) is 5.75 Å². The number of benzene rings is 2. The molecule has 2 N–H and O–H groups in total. The first kappa shape index (κ1) is 24.4. The summed E-state index contributed by atoms with van der Waals surface area (Å²) in [5.74, 6) is 0.315. The highest BCUT2D eigenvalue weighted by molar-refractivity contribution is 7.92. The smallest absolute Gasteiger partial charge is 0.193 e. The predicted octanol–water partition coefficient (Wildman–Crippen LogP) is 4.24. The summed E-state index contributed by atoms with van der Waals surface area (Å²) in [6.07, 6.45) is 1.01. The van der Waals surface area contributed by atoms with E-state index in [4.69, 9.17) is 22.1 Å². The lowest BCUT2D eigenvalue weighted by atomic mass is 10.0. The van der Waals surface area contributed by atoms with Crippen molar-refractivity contribution in [2.45, 2.75) is 29.3 Å². The minimum atomic E-state index is -3.63. The third-order valence-corrected chi connectivity index (χ3v) is 8.90. The largest absolute Gasteiger partial charge is 0.496 e. The molecular formula is C24H24ClN3O4S2. The highest BCUT2D eigenvalue weighted by atomic mass is 35.5. The van der Waals surface area contributed by atoms with Gasteiger partial charge in [-0.15, -0.1) is 11.3 Å². The number of halogens is 1. The molecule has 0 aliphatic carbocycles. The Morgan fingerprint density at radius 3 is 2.62 bits per heavy atom. The van der Waals surface area contributed by atoms with Gasteiger partial charge in [0.25, 0.3) is 0 Å². The minimum absolute atomic E-state index is 0.0217. The van der Waals surface area contributed by atoms with Crippen LogP contribution in [0.1, 0.15) is 23.2 Å². The molecule has 4 rings (SSSR count). The van der Waals surface area contributed by atoms with E-state index in [1.807, 2.05) is 36.4 Å². The third kappa shape index (κ3) is 5.33. The molecular weight excluding hydrogens is 494 g/mol. The van der Waals surface area contributed by atoms with Crippen LogP contribution in [0.4, 0.5) is 0 Å². The quantitative estimate of drug-likeness (QED) is 0.337. The average Bonchev–Trinajstić information content (AvgIpc) is 3.42. The summed E-state index contributed by atoms with van der Waals surface area (Å²) in [4.78, 5) is 11.6. The van der Waals surface area contributed by atoms with Crippen molar-refractivity contribution < 1.29 is 17.9 Å². The van der Waals surface area contributed by atoms with Crippen molar-refractivity contribution in [3.63, 3.8) is 0 Å². The Labute approximate surface area is 207 Å². The Bertz CT molecular complexity index is 1440. The van der Waals surface area contributed by atoms with E-state index in [0.717, 1.165) is 28.0 Å². The van der Waals surface area contributed by atoms with Crippen LogP contribution in [0.3, 0.4) is 0 Å². The molecule has 0 amide bonds. The maximum absolute atomic E-state index is 13.0. The number of ether oxygens (including phenoxy) is 1. The summed E-state index contributed by atoms with van der Waals surface area (Å²) in [5, 5.41) is 5.35. The zero-order valence-corrected chi connectivity index (χ0v) is 20.9. The molecule has 0 saturated heterocycles. The number of carbonyl (C=O) groups is 1. The standard InChI is InChI=1S/C24H24ClN3O4S2/c1-32-21-7-3-6-20-24(21)19(15-34(30,31)23-11-10-22(25)33-23)27-28(20)14-17-5-2-4-16(12-17)8-9-18(29)13-26/h2-7,10-12H,8-9,13-15,26H2,1H3. The van der Waals surface area contributed by atoms with Crippen LogP contribution in [-0.4, -0.2) is 37.6 Å².